The largest absolute Gasteiger partial charge is 0.0925 e. The van der Waals surface area contributed by atoms with Gasteiger partial charge in [0.15, 0.2) is 0 Å². The Balaban J connectivity index is 2.73. The first-order valence-electron chi connectivity index (χ1n) is 3.07. The maximum Gasteiger partial charge on any atom is 0.0175 e. The van der Waals surface area contributed by atoms with Crippen molar-refractivity contribution in [3.05, 3.63) is 24.3 Å². The van der Waals surface area contributed by atoms with Crippen molar-refractivity contribution in [2.45, 2.75) is 13.3 Å². The molecule has 1 rings (SSSR count). The molecule has 0 bridgehead atoms. The predicted molar refractivity (Wildman–Crippen MR) is 44.7 cm³/mol. The normalized spacial score (nSPS) is 32.6. The summed E-state index contributed by atoms with van der Waals surface area (Å²) < 4.78 is 0. The summed E-state index contributed by atoms with van der Waals surface area (Å²) in [5.41, 5.74) is 0.143. The topological polar surface area (TPSA) is 0 Å². The van der Waals surface area contributed by atoms with Gasteiger partial charge in [0.1, 0.15) is 0 Å². The Morgan fingerprint density at radius 3 is 2.67 bits per heavy atom. The monoisotopic (exact) mass is 138 g/mol. The highest BCUT2D eigenvalue weighted by Gasteiger charge is 2.15. The highest BCUT2D eigenvalue weighted by molar-refractivity contribution is 7.79. The second-order valence-corrected chi connectivity index (χ2v) is 2.85. The van der Waals surface area contributed by atoms with Gasteiger partial charge in [-0.05, 0) is 11.8 Å². The van der Waals surface area contributed by atoms with E-state index in [2.05, 4.69) is 25.2 Å². The number of thiocarbonyl (C=S) groups is 1. The molecule has 0 saturated carbocycles. The van der Waals surface area contributed by atoms with Gasteiger partial charge in [-0.3, -0.25) is 0 Å². The Bertz CT molecular complexity index is 167. The molecule has 0 heterocycles. The van der Waals surface area contributed by atoms with Crippen LogP contribution >= 0.6 is 12.2 Å². The van der Waals surface area contributed by atoms with E-state index in [9.17, 15) is 0 Å². The van der Waals surface area contributed by atoms with Crippen LogP contribution in [-0.4, -0.2) is 5.37 Å². The molecule has 0 aromatic rings. The zero-order chi connectivity index (χ0) is 6.74. The molecule has 48 valence electrons. The highest BCUT2D eigenvalue weighted by atomic mass is 32.1. The minimum atomic E-state index is 0.143. The number of hydrogen-bond acceptors (Lipinski definition) is 1. The molecule has 1 atom stereocenters. The molecule has 0 aromatic carbocycles. The fraction of sp³-hybridized carbons (Fsp3) is 0.375. The molecule has 0 radical (unpaired) electrons. The third-order valence-corrected chi connectivity index (χ3v) is 2.09. The lowest BCUT2D eigenvalue weighted by molar-refractivity contribution is 0.624. The Kier molecular flexibility index (Phi) is 1.81. The zero-order valence-electron chi connectivity index (χ0n) is 5.50. The minimum Gasteiger partial charge on any atom is -0.0925 e. The molecule has 0 aromatic heterocycles. The number of allylic oxidation sites excluding steroid dienone is 4. The van der Waals surface area contributed by atoms with Gasteiger partial charge in [0.2, 0.25) is 0 Å². The van der Waals surface area contributed by atoms with E-state index in [0.717, 1.165) is 6.42 Å². The lowest BCUT2D eigenvalue weighted by atomic mass is 9.86. The third-order valence-electron chi connectivity index (χ3n) is 1.55. The van der Waals surface area contributed by atoms with Crippen LogP contribution in [0.25, 0.3) is 0 Å². The van der Waals surface area contributed by atoms with E-state index in [4.69, 9.17) is 12.2 Å². The molecule has 0 fully saturated rings. The fourth-order valence-electron chi connectivity index (χ4n) is 0.831. The van der Waals surface area contributed by atoms with Crippen molar-refractivity contribution in [2.75, 3.05) is 0 Å². The van der Waals surface area contributed by atoms with Crippen molar-refractivity contribution >= 4 is 17.6 Å². The standard InChI is InChI=1S/C8H10S/c1-8(7-9)5-3-2-4-6-8/h2-5,7H,6H2,1H3. The van der Waals surface area contributed by atoms with Gasteiger partial charge < -0.3 is 0 Å². The molecule has 0 spiro atoms. The molecule has 9 heavy (non-hydrogen) atoms. The molecule has 1 aliphatic rings. The molecule has 0 saturated heterocycles. The first kappa shape index (κ1) is 6.69. The average molecular weight is 138 g/mol. The van der Waals surface area contributed by atoms with Crippen LogP contribution in [-0.2, 0) is 0 Å². The van der Waals surface area contributed by atoms with Gasteiger partial charge in [0.05, 0.1) is 0 Å². The Morgan fingerprint density at radius 2 is 2.33 bits per heavy atom. The van der Waals surface area contributed by atoms with E-state index in [-0.39, 0.29) is 5.41 Å². The van der Waals surface area contributed by atoms with Gasteiger partial charge in [-0.15, -0.1) is 0 Å². The van der Waals surface area contributed by atoms with Crippen molar-refractivity contribution in [1.29, 1.82) is 0 Å². The van der Waals surface area contributed by atoms with Crippen LogP contribution in [0.1, 0.15) is 13.3 Å². The lowest BCUT2D eigenvalue weighted by Crippen LogP contribution is -2.13. The van der Waals surface area contributed by atoms with Gasteiger partial charge in [-0.25, -0.2) is 0 Å². The molecule has 1 aliphatic carbocycles. The summed E-state index contributed by atoms with van der Waals surface area (Å²) in [6, 6.07) is 0. The molecule has 0 nitrogen and oxygen atoms in total. The number of hydrogen-bond donors (Lipinski definition) is 0. The summed E-state index contributed by atoms with van der Waals surface area (Å²) in [5, 5.41) is 1.83. The van der Waals surface area contributed by atoms with Crippen molar-refractivity contribution < 1.29 is 0 Å². The highest BCUT2D eigenvalue weighted by Crippen LogP contribution is 2.24. The first-order chi connectivity index (χ1) is 4.27. The summed E-state index contributed by atoms with van der Waals surface area (Å²) in [7, 11) is 0. The second-order valence-electron chi connectivity index (χ2n) is 2.62. The second kappa shape index (κ2) is 2.44. The van der Waals surface area contributed by atoms with Gasteiger partial charge in [-0.1, -0.05) is 43.4 Å². The zero-order valence-corrected chi connectivity index (χ0v) is 6.32. The van der Waals surface area contributed by atoms with Crippen LogP contribution in [0.3, 0.4) is 0 Å². The molecule has 1 heteroatoms. The quantitative estimate of drug-likeness (QED) is 0.502. The maximum atomic E-state index is 4.88. The predicted octanol–water partition coefficient (Wildman–Crippen LogP) is 2.51. The summed E-state index contributed by atoms with van der Waals surface area (Å²) in [6.07, 6.45) is 9.43. The Labute approximate surface area is 61.3 Å². The molecular formula is C8H10S. The van der Waals surface area contributed by atoms with E-state index in [1.165, 1.54) is 0 Å². The van der Waals surface area contributed by atoms with E-state index >= 15 is 0 Å². The molecule has 0 N–H and O–H groups in total. The summed E-state index contributed by atoms with van der Waals surface area (Å²) in [4.78, 5) is 0. The van der Waals surface area contributed by atoms with E-state index < -0.39 is 0 Å². The van der Waals surface area contributed by atoms with Gasteiger partial charge in [-0.2, -0.15) is 0 Å². The molecule has 0 amide bonds. The van der Waals surface area contributed by atoms with Crippen LogP contribution in [0.5, 0.6) is 0 Å². The van der Waals surface area contributed by atoms with Gasteiger partial charge in [0.25, 0.3) is 0 Å². The van der Waals surface area contributed by atoms with Gasteiger partial charge in [0, 0.05) is 5.41 Å². The molecular weight excluding hydrogens is 128 g/mol. The van der Waals surface area contributed by atoms with Crippen molar-refractivity contribution in [2.24, 2.45) is 5.41 Å². The molecule has 0 aliphatic heterocycles. The smallest absolute Gasteiger partial charge is 0.0175 e. The van der Waals surface area contributed by atoms with Crippen molar-refractivity contribution in [3.8, 4) is 0 Å². The number of rotatable bonds is 1. The summed E-state index contributed by atoms with van der Waals surface area (Å²) in [6.45, 7) is 2.14. The van der Waals surface area contributed by atoms with E-state index in [0.29, 0.717) is 0 Å². The average Bonchev–Trinajstić information content (AvgIpc) is 1.90. The summed E-state index contributed by atoms with van der Waals surface area (Å²) >= 11 is 4.88. The van der Waals surface area contributed by atoms with Crippen LogP contribution in [0.15, 0.2) is 24.3 Å². The van der Waals surface area contributed by atoms with E-state index in [1.54, 1.807) is 0 Å². The third kappa shape index (κ3) is 1.49. The Morgan fingerprint density at radius 1 is 1.56 bits per heavy atom. The molecule has 1 unspecified atom stereocenters. The van der Waals surface area contributed by atoms with Crippen LogP contribution in [0, 0.1) is 5.41 Å². The maximum absolute atomic E-state index is 4.88. The van der Waals surface area contributed by atoms with Crippen LogP contribution < -0.4 is 0 Å². The lowest BCUT2D eigenvalue weighted by Gasteiger charge is -2.19. The fourth-order valence-corrected chi connectivity index (χ4v) is 1.01. The minimum absolute atomic E-state index is 0.143. The first-order valence-corrected chi connectivity index (χ1v) is 3.55. The Hall–Kier alpha value is -0.430. The van der Waals surface area contributed by atoms with Gasteiger partial charge >= 0.3 is 0 Å². The van der Waals surface area contributed by atoms with Crippen LogP contribution in [0.4, 0.5) is 0 Å². The van der Waals surface area contributed by atoms with Crippen molar-refractivity contribution in [3.63, 3.8) is 0 Å². The van der Waals surface area contributed by atoms with Crippen molar-refractivity contribution in [1.82, 2.24) is 0 Å². The SMILES string of the molecule is CC1(C=S)C=CC=CC1. The summed E-state index contributed by atoms with van der Waals surface area (Å²) in [5.74, 6) is 0. The van der Waals surface area contributed by atoms with E-state index in [1.807, 2.05) is 11.4 Å². The van der Waals surface area contributed by atoms with Crippen LogP contribution in [0.2, 0.25) is 0 Å².